The minimum absolute atomic E-state index is 0.665. The third-order valence-electron chi connectivity index (χ3n) is 6.40. The lowest BCUT2D eigenvalue weighted by Gasteiger charge is -2.04. The van der Waals surface area contributed by atoms with Crippen molar-refractivity contribution in [2.24, 2.45) is 0 Å². The van der Waals surface area contributed by atoms with Crippen LogP contribution in [0.25, 0.3) is 11.0 Å². The molecule has 0 amide bonds. The molecule has 0 unspecified atom stereocenters. The summed E-state index contributed by atoms with van der Waals surface area (Å²) in [5, 5.41) is 0. The van der Waals surface area contributed by atoms with Gasteiger partial charge in [0.05, 0.1) is 13.2 Å². The van der Waals surface area contributed by atoms with E-state index in [0.29, 0.717) is 6.73 Å². The number of unbranched alkanes of at least 4 members (excludes halogenated alkanes) is 14. The number of rotatable bonds is 20. The zero-order valence-corrected chi connectivity index (χ0v) is 20.6. The molecule has 0 aliphatic carbocycles. The Morgan fingerprint density at radius 2 is 1.23 bits per heavy atom. The van der Waals surface area contributed by atoms with Crippen molar-refractivity contribution in [2.75, 3.05) is 6.61 Å². The van der Waals surface area contributed by atoms with Gasteiger partial charge in [0, 0.05) is 0 Å². The number of hydrogen-bond acceptors (Lipinski definition) is 1. The molecule has 31 heavy (non-hydrogen) atoms. The van der Waals surface area contributed by atoms with Gasteiger partial charge >= 0.3 is 0 Å². The lowest BCUT2D eigenvalue weighted by Crippen LogP contribution is -2.34. The molecule has 3 heteroatoms. The molecule has 0 bridgehead atoms. The summed E-state index contributed by atoms with van der Waals surface area (Å²) in [5.74, 6) is 0. The van der Waals surface area contributed by atoms with Crippen LogP contribution in [0.2, 0.25) is 0 Å². The Balaban J connectivity index is 1.45. The standard InChI is InChI=1S/C28H49N2O/c1-3-5-7-8-9-10-11-12-13-14-15-16-17-20-24-31-26-30-25-29(23-6-4-2)27-21-18-19-22-28(27)30/h18-19,21-22,25H,3-17,20,23-24,26H2,1-2H3/q+1. The second kappa shape index (κ2) is 17.2. The van der Waals surface area contributed by atoms with Crippen LogP contribution in [0, 0.1) is 0 Å². The van der Waals surface area contributed by atoms with Crippen molar-refractivity contribution in [3.63, 3.8) is 0 Å². The average molecular weight is 430 g/mol. The first kappa shape index (κ1) is 25.9. The molecular weight excluding hydrogens is 380 g/mol. The van der Waals surface area contributed by atoms with Crippen LogP contribution >= 0.6 is 0 Å². The Morgan fingerprint density at radius 3 is 1.84 bits per heavy atom. The van der Waals surface area contributed by atoms with E-state index in [0.717, 1.165) is 13.2 Å². The summed E-state index contributed by atoms with van der Waals surface area (Å²) in [6, 6.07) is 8.67. The Labute approximate surface area is 192 Å². The fourth-order valence-electron chi connectivity index (χ4n) is 4.41. The maximum absolute atomic E-state index is 6.00. The van der Waals surface area contributed by atoms with E-state index in [1.54, 1.807) is 0 Å². The molecule has 1 aromatic carbocycles. The van der Waals surface area contributed by atoms with Crippen molar-refractivity contribution in [3.05, 3.63) is 30.6 Å². The average Bonchev–Trinajstić information content (AvgIpc) is 3.15. The highest BCUT2D eigenvalue weighted by molar-refractivity contribution is 5.71. The molecule has 0 aliphatic heterocycles. The number of benzene rings is 1. The molecule has 3 nitrogen and oxygen atoms in total. The molecule has 2 aromatic rings. The summed E-state index contributed by atoms with van der Waals surface area (Å²) in [5.41, 5.74) is 2.59. The Morgan fingerprint density at radius 1 is 0.677 bits per heavy atom. The van der Waals surface area contributed by atoms with Gasteiger partial charge in [-0.05, 0) is 25.0 Å². The summed E-state index contributed by atoms with van der Waals surface area (Å²) in [6.07, 6.45) is 24.3. The van der Waals surface area contributed by atoms with E-state index in [4.69, 9.17) is 4.74 Å². The number of ether oxygens (including phenoxy) is 1. The summed E-state index contributed by atoms with van der Waals surface area (Å²) < 4.78 is 10.6. The van der Waals surface area contributed by atoms with Gasteiger partial charge in [-0.1, -0.05) is 116 Å². The number of nitrogens with zero attached hydrogens (tertiary/aromatic N) is 2. The van der Waals surface area contributed by atoms with Crippen LogP contribution in [0.1, 0.15) is 117 Å². The monoisotopic (exact) mass is 429 g/mol. The smallest absolute Gasteiger partial charge is 0.246 e. The quantitative estimate of drug-likeness (QED) is 0.153. The van der Waals surface area contributed by atoms with Gasteiger partial charge in [0.25, 0.3) is 0 Å². The number of para-hydroxylation sites is 2. The highest BCUT2D eigenvalue weighted by Crippen LogP contribution is 2.14. The Kier molecular flexibility index (Phi) is 14.4. The summed E-state index contributed by atoms with van der Waals surface area (Å²) in [7, 11) is 0. The van der Waals surface area contributed by atoms with Crippen molar-refractivity contribution in [2.45, 2.75) is 130 Å². The molecule has 0 N–H and O–H groups in total. The Hall–Kier alpha value is -1.35. The molecule has 2 rings (SSSR count). The van der Waals surface area contributed by atoms with Crippen LogP contribution in [0.4, 0.5) is 0 Å². The lowest BCUT2D eigenvalue weighted by molar-refractivity contribution is -0.710. The van der Waals surface area contributed by atoms with Crippen LogP contribution in [-0.4, -0.2) is 11.2 Å². The second-order valence-electron chi connectivity index (χ2n) is 9.25. The summed E-state index contributed by atoms with van der Waals surface area (Å²) in [4.78, 5) is 0. The molecule has 0 spiro atoms. The predicted molar refractivity (Wildman–Crippen MR) is 133 cm³/mol. The number of hydrogen-bond donors (Lipinski definition) is 0. The van der Waals surface area contributed by atoms with Crippen LogP contribution in [0.15, 0.2) is 30.6 Å². The van der Waals surface area contributed by atoms with E-state index >= 15 is 0 Å². The van der Waals surface area contributed by atoms with Crippen molar-refractivity contribution in [1.29, 1.82) is 0 Å². The SMILES string of the molecule is CCCCCCCCCCCCCCCCOC[n+]1cn(CCCC)c2ccccc21. The maximum Gasteiger partial charge on any atom is 0.246 e. The normalized spacial score (nSPS) is 11.5. The van der Waals surface area contributed by atoms with E-state index in [-0.39, 0.29) is 0 Å². The van der Waals surface area contributed by atoms with E-state index in [9.17, 15) is 0 Å². The number of aryl methyl sites for hydroxylation is 1. The van der Waals surface area contributed by atoms with Gasteiger partial charge in [-0.2, -0.15) is 0 Å². The van der Waals surface area contributed by atoms with Crippen molar-refractivity contribution in [1.82, 2.24) is 4.57 Å². The number of fused-ring (bicyclic) bond motifs is 1. The molecule has 1 heterocycles. The highest BCUT2D eigenvalue weighted by Gasteiger charge is 2.14. The van der Waals surface area contributed by atoms with Gasteiger partial charge in [0.2, 0.25) is 6.33 Å². The number of aromatic nitrogens is 2. The van der Waals surface area contributed by atoms with Gasteiger partial charge in [-0.15, -0.1) is 0 Å². The minimum atomic E-state index is 0.665. The van der Waals surface area contributed by atoms with Crippen LogP contribution in [-0.2, 0) is 18.0 Å². The van der Waals surface area contributed by atoms with Gasteiger partial charge in [0.1, 0.15) is 0 Å². The topological polar surface area (TPSA) is 18.0 Å². The predicted octanol–water partition coefficient (Wildman–Crippen LogP) is 8.18. The van der Waals surface area contributed by atoms with Crippen molar-refractivity contribution >= 4 is 11.0 Å². The van der Waals surface area contributed by atoms with E-state index < -0.39 is 0 Å². The second-order valence-corrected chi connectivity index (χ2v) is 9.25. The molecule has 0 saturated heterocycles. The van der Waals surface area contributed by atoms with Gasteiger partial charge < -0.3 is 4.74 Å². The largest absolute Gasteiger partial charge is 0.342 e. The third-order valence-corrected chi connectivity index (χ3v) is 6.40. The highest BCUT2D eigenvalue weighted by atomic mass is 16.5. The van der Waals surface area contributed by atoms with Gasteiger partial charge in [0.15, 0.2) is 17.8 Å². The van der Waals surface area contributed by atoms with Crippen LogP contribution < -0.4 is 4.57 Å². The Bertz CT molecular complexity index is 679. The molecule has 1 aromatic heterocycles. The first-order chi connectivity index (χ1) is 15.4. The zero-order chi connectivity index (χ0) is 22.0. The molecule has 0 fully saturated rings. The third kappa shape index (κ3) is 10.7. The van der Waals surface area contributed by atoms with E-state index in [2.05, 4.69) is 53.6 Å². The first-order valence-corrected chi connectivity index (χ1v) is 13.4. The fraction of sp³-hybridized carbons (Fsp3) is 0.750. The summed E-state index contributed by atoms with van der Waals surface area (Å²) in [6.45, 7) is 7.17. The molecule has 0 radical (unpaired) electrons. The van der Waals surface area contributed by atoms with Crippen LogP contribution in [0.3, 0.4) is 0 Å². The molecule has 0 atom stereocenters. The van der Waals surface area contributed by atoms with Crippen molar-refractivity contribution in [3.8, 4) is 0 Å². The summed E-state index contributed by atoms with van der Waals surface area (Å²) >= 11 is 0. The molecule has 0 aliphatic rings. The van der Waals surface area contributed by atoms with E-state index in [1.165, 1.54) is 114 Å². The van der Waals surface area contributed by atoms with Gasteiger partial charge in [-0.25, -0.2) is 9.13 Å². The van der Waals surface area contributed by atoms with E-state index in [1.807, 2.05) is 0 Å². The zero-order valence-electron chi connectivity index (χ0n) is 20.6. The van der Waals surface area contributed by atoms with Crippen molar-refractivity contribution < 1.29 is 9.30 Å². The molecular formula is C28H49N2O+. The lowest BCUT2D eigenvalue weighted by atomic mass is 10.0. The molecule has 176 valence electrons. The first-order valence-electron chi connectivity index (χ1n) is 13.4. The molecule has 0 saturated carbocycles. The fourth-order valence-corrected chi connectivity index (χ4v) is 4.41. The van der Waals surface area contributed by atoms with Crippen LogP contribution in [0.5, 0.6) is 0 Å². The minimum Gasteiger partial charge on any atom is -0.342 e. The van der Waals surface area contributed by atoms with Gasteiger partial charge in [-0.3, -0.25) is 0 Å². The maximum atomic E-state index is 6.00. The number of imidazole rings is 1.